The molecule has 106 valence electrons. The summed E-state index contributed by atoms with van der Waals surface area (Å²) < 4.78 is 5.54. The smallest absolute Gasteiger partial charge is 0.131 e. The Labute approximate surface area is 118 Å². The summed E-state index contributed by atoms with van der Waals surface area (Å²) in [5.74, 6) is 0. The van der Waals surface area contributed by atoms with Crippen LogP contribution < -0.4 is 0 Å². The Kier molecular flexibility index (Phi) is 3.84. The molecule has 0 unspecified atom stereocenters. The highest BCUT2D eigenvalue weighted by molar-refractivity contribution is 7.11. The maximum atomic E-state index is 5.54. The van der Waals surface area contributed by atoms with E-state index in [4.69, 9.17) is 4.74 Å². The second-order valence-corrected chi connectivity index (χ2v) is 6.95. The zero-order valence-corrected chi connectivity index (χ0v) is 12.6. The van der Waals surface area contributed by atoms with Crippen LogP contribution in [0, 0.1) is 6.92 Å². The molecule has 0 bridgehead atoms. The molecule has 1 spiro atoms. The summed E-state index contributed by atoms with van der Waals surface area (Å²) in [6, 6.07) is 0. The maximum Gasteiger partial charge on any atom is 0.131 e. The molecule has 3 heterocycles. The van der Waals surface area contributed by atoms with Crippen molar-refractivity contribution in [3.05, 3.63) is 10.0 Å². The molecule has 0 amide bonds. The van der Waals surface area contributed by atoms with E-state index in [1.807, 2.05) is 6.92 Å². The minimum absolute atomic E-state index is 0.316. The largest absolute Gasteiger partial charge is 0.381 e. The molecule has 6 heteroatoms. The van der Waals surface area contributed by atoms with Gasteiger partial charge < -0.3 is 4.74 Å². The van der Waals surface area contributed by atoms with Gasteiger partial charge in [0.2, 0.25) is 0 Å². The summed E-state index contributed by atoms with van der Waals surface area (Å²) in [5.41, 5.74) is 0.316. The highest BCUT2D eigenvalue weighted by Crippen LogP contribution is 2.31. The van der Waals surface area contributed by atoms with Crippen LogP contribution in [-0.2, 0) is 11.3 Å². The fourth-order valence-corrected chi connectivity index (χ4v) is 3.91. The normalized spacial score (nSPS) is 24.9. The lowest BCUT2D eigenvalue weighted by Gasteiger charge is -2.51. The van der Waals surface area contributed by atoms with Crippen LogP contribution in [0.4, 0.5) is 0 Å². The summed E-state index contributed by atoms with van der Waals surface area (Å²) in [4.78, 5) is 5.07. The maximum absolute atomic E-state index is 5.54. The van der Waals surface area contributed by atoms with Gasteiger partial charge >= 0.3 is 0 Å². The number of hydrogen-bond donors (Lipinski definition) is 0. The lowest BCUT2D eigenvalue weighted by Crippen LogP contribution is -2.62. The van der Waals surface area contributed by atoms with E-state index in [2.05, 4.69) is 27.0 Å². The first-order valence-electron chi connectivity index (χ1n) is 6.98. The van der Waals surface area contributed by atoms with Gasteiger partial charge in [0.15, 0.2) is 0 Å². The van der Waals surface area contributed by atoms with Crippen LogP contribution in [0.15, 0.2) is 0 Å². The van der Waals surface area contributed by atoms with Crippen molar-refractivity contribution < 1.29 is 4.74 Å². The van der Waals surface area contributed by atoms with Crippen molar-refractivity contribution in [3.8, 4) is 0 Å². The van der Waals surface area contributed by atoms with Gasteiger partial charge in [0, 0.05) is 38.4 Å². The van der Waals surface area contributed by atoms with Crippen molar-refractivity contribution >= 4 is 11.3 Å². The van der Waals surface area contributed by atoms with Crippen LogP contribution in [0.25, 0.3) is 0 Å². The number of aromatic nitrogens is 2. The standard InChI is InChI=1S/C13H22N4OS/c1-11-14-15-12(19-11)9-17-6-5-16(2)13(10-17)3-7-18-8-4-13/h3-10H2,1-2H3. The number of piperazine rings is 1. The van der Waals surface area contributed by atoms with Crippen molar-refractivity contribution in [1.82, 2.24) is 20.0 Å². The highest BCUT2D eigenvalue weighted by Gasteiger charge is 2.40. The number of ether oxygens (including phenoxy) is 1. The molecule has 2 fully saturated rings. The molecule has 1 aromatic rings. The van der Waals surface area contributed by atoms with Gasteiger partial charge in [-0.25, -0.2) is 0 Å². The van der Waals surface area contributed by atoms with E-state index in [1.54, 1.807) is 11.3 Å². The van der Waals surface area contributed by atoms with E-state index in [-0.39, 0.29) is 0 Å². The monoisotopic (exact) mass is 282 g/mol. The Balaban J connectivity index is 1.67. The van der Waals surface area contributed by atoms with E-state index in [9.17, 15) is 0 Å². The fourth-order valence-electron chi connectivity index (χ4n) is 3.16. The Morgan fingerprint density at radius 1 is 1.26 bits per heavy atom. The van der Waals surface area contributed by atoms with Gasteiger partial charge in [0.25, 0.3) is 0 Å². The zero-order chi connectivity index (χ0) is 13.3. The van der Waals surface area contributed by atoms with Crippen LogP contribution in [0.3, 0.4) is 0 Å². The summed E-state index contributed by atoms with van der Waals surface area (Å²) in [6.45, 7) is 8.15. The van der Waals surface area contributed by atoms with E-state index in [0.29, 0.717) is 5.54 Å². The summed E-state index contributed by atoms with van der Waals surface area (Å²) in [6.07, 6.45) is 2.30. The molecule has 3 rings (SSSR count). The molecule has 2 aliphatic rings. The van der Waals surface area contributed by atoms with Gasteiger partial charge in [-0.2, -0.15) is 0 Å². The molecule has 0 aromatic carbocycles. The first-order valence-corrected chi connectivity index (χ1v) is 7.80. The lowest BCUT2D eigenvalue weighted by molar-refractivity contribution is -0.0625. The Hall–Kier alpha value is -0.560. The van der Waals surface area contributed by atoms with E-state index in [0.717, 1.165) is 62.2 Å². The van der Waals surface area contributed by atoms with Crippen molar-refractivity contribution in [2.24, 2.45) is 0 Å². The predicted octanol–water partition coefficient (Wildman–Crippen LogP) is 1.14. The topological polar surface area (TPSA) is 41.5 Å². The molecule has 5 nitrogen and oxygen atoms in total. The van der Waals surface area contributed by atoms with Crippen LogP contribution >= 0.6 is 11.3 Å². The Bertz CT molecular complexity index is 430. The minimum atomic E-state index is 0.316. The second-order valence-electron chi connectivity index (χ2n) is 5.68. The molecule has 2 aliphatic heterocycles. The number of aryl methyl sites for hydroxylation is 1. The molecule has 1 aromatic heterocycles. The van der Waals surface area contributed by atoms with Crippen LogP contribution in [-0.4, -0.2) is 65.4 Å². The quantitative estimate of drug-likeness (QED) is 0.814. The van der Waals surface area contributed by atoms with Gasteiger partial charge in [-0.1, -0.05) is 0 Å². The first-order chi connectivity index (χ1) is 9.18. The van der Waals surface area contributed by atoms with Crippen molar-refractivity contribution in [2.75, 3.05) is 39.9 Å². The number of likely N-dealkylation sites (N-methyl/N-ethyl adjacent to an activating group) is 1. The minimum Gasteiger partial charge on any atom is -0.381 e. The first kappa shape index (κ1) is 13.4. The number of rotatable bonds is 2. The van der Waals surface area contributed by atoms with Crippen LogP contribution in [0.1, 0.15) is 22.9 Å². The molecular weight excluding hydrogens is 260 g/mol. The summed E-state index contributed by atoms with van der Waals surface area (Å²) in [5, 5.41) is 10.6. The van der Waals surface area contributed by atoms with Gasteiger partial charge in [0.05, 0.1) is 6.54 Å². The summed E-state index contributed by atoms with van der Waals surface area (Å²) in [7, 11) is 2.26. The molecule has 0 aliphatic carbocycles. The lowest BCUT2D eigenvalue weighted by atomic mass is 9.86. The average molecular weight is 282 g/mol. The predicted molar refractivity (Wildman–Crippen MR) is 75.3 cm³/mol. The average Bonchev–Trinajstić information content (AvgIpc) is 2.81. The highest BCUT2D eigenvalue weighted by atomic mass is 32.1. The number of hydrogen-bond acceptors (Lipinski definition) is 6. The zero-order valence-electron chi connectivity index (χ0n) is 11.8. The Morgan fingerprint density at radius 3 is 2.74 bits per heavy atom. The fraction of sp³-hybridized carbons (Fsp3) is 0.846. The van der Waals surface area contributed by atoms with Crippen LogP contribution in [0.5, 0.6) is 0 Å². The second kappa shape index (κ2) is 5.44. The Morgan fingerprint density at radius 2 is 2.05 bits per heavy atom. The van der Waals surface area contributed by atoms with Crippen molar-refractivity contribution in [3.63, 3.8) is 0 Å². The van der Waals surface area contributed by atoms with Crippen molar-refractivity contribution in [2.45, 2.75) is 31.8 Å². The SMILES string of the molecule is Cc1nnc(CN2CCN(C)C3(CCOCC3)C2)s1. The molecular formula is C13H22N4OS. The molecule has 19 heavy (non-hydrogen) atoms. The van der Waals surface area contributed by atoms with E-state index < -0.39 is 0 Å². The third-order valence-corrected chi connectivity index (χ3v) is 5.25. The third-order valence-electron chi connectivity index (χ3n) is 4.43. The van der Waals surface area contributed by atoms with Crippen molar-refractivity contribution in [1.29, 1.82) is 0 Å². The number of nitrogens with zero attached hydrogens (tertiary/aromatic N) is 4. The molecule has 0 saturated carbocycles. The molecule has 0 radical (unpaired) electrons. The molecule has 0 atom stereocenters. The van der Waals surface area contributed by atoms with E-state index >= 15 is 0 Å². The van der Waals surface area contributed by atoms with Gasteiger partial charge in [-0.05, 0) is 26.8 Å². The molecule has 0 N–H and O–H groups in total. The van der Waals surface area contributed by atoms with Gasteiger partial charge in [-0.3, -0.25) is 9.80 Å². The molecule has 2 saturated heterocycles. The van der Waals surface area contributed by atoms with Gasteiger partial charge in [-0.15, -0.1) is 21.5 Å². The summed E-state index contributed by atoms with van der Waals surface area (Å²) >= 11 is 1.72. The van der Waals surface area contributed by atoms with E-state index in [1.165, 1.54) is 0 Å². The van der Waals surface area contributed by atoms with Crippen LogP contribution in [0.2, 0.25) is 0 Å². The van der Waals surface area contributed by atoms with Gasteiger partial charge in [0.1, 0.15) is 10.0 Å². The third kappa shape index (κ3) is 2.81.